The van der Waals surface area contributed by atoms with Gasteiger partial charge in [0, 0.05) is 18.0 Å². The number of aromatic nitrogens is 2. The summed E-state index contributed by atoms with van der Waals surface area (Å²) in [5.41, 5.74) is 0.898. The number of hydrogen-bond donors (Lipinski definition) is 2. The number of para-hydroxylation sites is 1. The minimum Gasteiger partial charge on any atom is -0.507 e. The highest BCUT2D eigenvalue weighted by atomic mass is 16.4. The van der Waals surface area contributed by atoms with Gasteiger partial charge in [-0.05, 0) is 12.1 Å². The lowest BCUT2D eigenvalue weighted by atomic mass is 10.1. The molecule has 16 heavy (non-hydrogen) atoms. The number of hydrogen-bond acceptors (Lipinski definition) is 4. The van der Waals surface area contributed by atoms with Crippen molar-refractivity contribution in [2.45, 2.75) is 6.54 Å². The van der Waals surface area contributed by atoms with Crippen LogP contribution in [0.1, 0.15) is 5.56 Å². The highest BCUT2D eigenvalue weighted by Gasteiger charge is 2.09. The van der Waals surface area contributed by atoms with E-state index >= 15 is 0 Å². The van der Waals surface area contributed by atoms with Gasteiger partial charge in [0.2, 0.25) is 0 Å². The molecule has 0 amide bonds. The van der Waals surface area contributed by atoms with E-state index in [1.54, 1.807) is 47.6 Å². The second kappa shape index (κ2) is 4.48. The summed E-state index contributed by atoms with van der Waals surface area (Å²) in [7, 11) is 0. The summed E-state index contributed by atoms with van der Waals surface area (Å²) < 4.78 is 1.75. The zero-order valence-electron chi connectivity index (χ0n) is 8.48. The minimum absolute atomic E-state index is 0.0930. The highest BCUT2D eigenvalue weighted by molar-refractivity contribution is 6.02. The van der Waals surface area contributed by atoms with Crippen molar-refractivity contribution in [3.05, 3.63) is 48.5 Å². The number of imidazole rings is 1. The molecule has 1 aromatic carbocycles. The monoisotopic (exact) mass is 217 g/mol. The normalized spacial score (nSPS) is 11.6. The molecular weight excluding hydrogens is 206 g/mol. The molecule has 2 rings (SSSR count). The SMILES string of the molecule is O/N=C(\Cn1ccnc1)c1ccccc1O. The van der Waals surface area contributed by atoms with Crippen molar-refractivity contribution in [2.24, 2.45) is 5.16 Å². The van der Waals surface area contributed by atoms with Gasteiger partial charge in [0.25, 0.3) is 0 Å². The van der Waals surface area contributed by atoms with Crippen LogP contribution in [0.25, 0.3) is 0 Å². The van der Waals surface area contributed by atoms with Crippen molar-refractivity contribution in [3.8, 4) is 5.75 Å². The maximum Gasteiger partial charge on any atom is 0.124 e. The molecular formula is C11H11N3O2. The molecule has 0 aliphatic heterocycles. The van der Waals surface area contributed by atoms with Crippen LogP contribution >= 0.6 is 0 Å². The Balaban J connectivity index is 2.28. The predicted octanol–water partition coefficient (Wildman–Crippen LogP) is 1.47. The van der Waals surface area contributed by atoms with E-state index in [4.69, 9.17) is 5.21 Å². The molecule has 0 spiro atoms. The average molecular weight is 217 g/mol. The van der Waals surface area contributed by atoms with Gasteiger partial charge in [0.15, 0.2) is 0 Å². The molecule has 0 aliphatic rings. The maximum absolute atomic E-state index is 9.62. The fourth-order valence-electron chi connectivity index (χ4n) is 1.44. The van der Waals surface area contributed by atoms with Crippen molar-refractivity contribution >= 4 is 5.71 Å². The highest BCUT2D eigenvalue weighted by Crippen LogP contribution is 2.17. The Hall–Kier alpha value is -2.30. The van der Waals surface area contributed by atoms with Crippen LogP contribution in [0, 0.1) is 0 Å². The molecule has 2 aromatic rings. The first-order valence-electron chi connectivity index (χ1n) is 4.76. The molecule has 0 saturated carbocycles. The summed E-state index contributed by atoms with van der Waals surface area (Å²) >= 11 is 0. The lowest BCUT2D eigenvalue weighted by molar-refractivity contribution is 0.317. The maximum atomic E-state index is 9.62. The molecule has 5 nitrogen and oxygen atoms in total. The number of phenols is 1. The molecule has 0 fully saturated rings. The van der Waals surface area contributed by atoms with Gasteiger partial charge < -0.3 is 14.9 Å². The molecule has 1 aromatic heterocycles. The van der Waals surface area contributed by atoms with Crippen molar-refractivity contribution in [1.29, 1.82) is 0 Å². The topological polar surface area (TPSA) is 70.6 Å². The molecule has 0 radical (unpaired) electrons. The molecule has 1 heterocycles. The smallest absolute Gasteiger partial charge is 0.124 e. The summed E-state index contributed by atoms with van der Waals surface area (Å²) in [4.78, 5) is 3.89. The molecule has 0 aliphatic carbocycles. The quantitative estimate of drug-likeness (QED) is 0.464. The van der Waals surface area contributed by atoms with E-state index in [-0.39, 0.29) is 5.75 Å². The summed E-state index contributed by atoms with van der Waals surface area (Å²) in [6.45, 7) is 0.355. The van der Waals surface area contributed by atoms with Gasteiger partial charge in [-0.25, -0.2) is 4.98 Å². The van der Waals surface area contributed by atoms with Crippen LogP contribution in [0.3, 0.4) is 0 Å². The third-order valence-corrected chi connectivity index (χ3v) is 2.23. The van der Waals surface area contributed by atoms with Gasteiger partial charge in [-0.2, -0.15) is 0 Å². The van der Waals surface area contributed by atoms with Crippen LogP contribution in [-0.4, -0.2) is 25.6 Å². The standard InChI is InChI=1S/C11H11N3O2/c15-11-4-2-1-3-9(11)10(13-16)7-14-6-5-12-8-14/h1-6,8,15-16H,7H2/b13-10+. The minimum atomic E-state index is 0.0930. The van der Waals surface area contributed by atoms with Gasteiger partial charge in [-0.3, -0.25) is 0 Å². The number of aromatic hydroxyl groups is 1. The zero-order chi connectivity index (χ0) is 11.4. The second-order valence-electron chi connectivity index (χ2n) is 3.30. The van der Waals surface area contributed by atoms with Gasteiger partial charge in [0.1, 0.15) is 11.5 Å². The van der Waals surface area contributed by atoms with E-state index in [2.05, 4.69) is 10.1 Å². The number of nitrogens with zero attached hydrogens (tertiary/aromatic N) is 3. The van der Waals surface area contributed by atoms with E-state index in [0.717, 1.165) is 0 Å². The average Bonchev–Trinajstić information content (AvgIpc) is 2.80. The number of rotatable bonds is 3. The lowest BCUT2D eigenvalue weighted by Crippen LogP contribution is -2.10. The van der Waals surface area contributed by atoms with Crippen molar-refractivity contribution in [2.75, 3.05) is 0 Å². The van der Waals surface area contributed by atoms with Gasteiger partial charge in [-0.15, -0.1) is 0 Å². The van der Waals surface area contributed by atoms with Crippen LogP contribution in [-0.2, 0) is 6.54 Å². The number of phenolic OH excluding ortho intramolecular Hbond substituents is 1. The Morgan fingerprint density at radius 1 is 1.38 bits per heavy atom. The molecule has 82 valence electrons. The van der Waals surface area contributed by atoms with Crippen LogP contribution in [0.15, 0.2) is 48.1 Å². The first-order valence-corrected chi connectivity index (χ1v) is 4.76. The molecule has 2 N–H and O–H groups in total. The Kier molecular flexibility index (Phi) is 2.86. The predicted molar refractivity (Wildman–Crippen MR) is 58.7 cm³/mol. The molecule has 5 heteroatoms. The Morgan fingerprint density at radius 3 is 2.81 bits per heavy atom. The Bertz CT molecular complexity index is 492. The largest absolute Gasteiger partial charge is 0.507 e. The summed E-state index contributed by atoms with van der Waals surface area (Å²) in [6, 6.07) is 6.73. The lowest BCUT2D eigenvalue weighted by Gasteiger charge is -2.07. The number of oxime groups is 1. The molecule has 0 atom stereocenters. The van der Waals surface area contributed by atoms with Gasteiger partial charge >= 0.3 is 0 Å². The van der Waals surface area contributed by atoms with Crippen LogP contribution in [0.4, 0.5) is 0 Å². The number of benzene rings is 1. The fourth-order valence-corrected chi connectivity index (χ4v) is 1.44. The summed E-state index contributed by atoms with van der Waals surface area (Å²) in [6.07, 6.45) is 5.01. The van der Waals surface area contributed by atoms with E-state index in [9.17, 15) is 5.11 Å². The van der Waals surface area contributed by atoms with Crippen LogP contribution < -0.4 is 0 Å². The van der Waals surface area contributed by atoms with Crippen LogP contribution in [0.5, 0.6) is 5.75 Å². The Labute approximate surface area is 92.3 Å². The third kappa shape index (κ3) is 2.03. The first kappa shape index (κ1) is 10.2. The molecule has 0 saturated heterocycles. The molecule has 0 unspecified atom stereocenters. The van der Waals surface area contributed by atoms with Crippen molar-refractivity contribution in [3.63, 3.8) is 0 Å². The van der Waals surface area contributed by atoms with E-state index in [1.165, 1.54) is 0 Å². The van der Waals surface area contributed by atoms with Crippen LogP contribution in [0.2, 0.25) is 0 Å². The Morgan fingerprint density at radius 2 is 2.19 bits per heavy atom. The van der Waals surface area contributed by atoms with E-state index in [0.29, 0.717) is 17.8 Å². The fraction of sp³-hybridized carbons (Fsp3) is 0.0909. The third-order valence-electron chi connectivity index (χ3n) is 2.23. The van der Waals surface area contributed by atoms with Gasteiger partial charge in [-0.1, -0.05) is 17.3 Å². The van der Waals surface area contributed by atoms with E-state index in [1.807, 2.05) is 0 Å². The van der Waals surface area contributed by atoms with E-state index < -0.39 is 0 Å². The van der Waals surface area contributed by atoms with Crippen molar-refractivity contribution in [1.82, 2.24) is 9.55 Å². The summed E-state index contributed by atoms with van der Waals surface area (Å²) in [5, 5.41) is 21.8. The zero-order valence-corrected chi connectivity index (χ0v) is 8.48. The molecule has 0 bridgehead atoms. The second-order valence-corrected chi connectivity index (χ2v) is 3.30. The van der Waals surface area contributed by atoms with Gasteiger partial charge in [0.05, 0.1) is 12.9 Å². The summed E-state index contributed by atoms with van der Waals surface area (Å²) in [5.74, 6) is 0.0930. The van der Waals surface area contributed by atoms with Crippen molar-refractivity contribution < 1.29 is 10.3 Å². The first-order chi connectivity index (χ1) is 7.81.